The standard InChI is InChI=1S/C13H15N3O2/c1-8-3-9(2)5-10(4-8)6-16-7-11(14)12(17)15-13(16)18/h3-5,7H,6,14H2,1-2H3,(H,15,17,18). The second kappa shape index (κ2) is 4.52. The van der Waals surface area contributed by atoms with Crippen molar-refractivity contribution in [3.63, 3.8) is 0 Å². The number of rotatable bonds is 2. The summed E-state index contributed by atoms with van der Waals surface area (Å²) in [6.07, 6.45) is 1.37. The van der Waals surface area contributed by atoms with E-state index in [0.29, 0.717) is 6.54 Å². The van der Waals surface area contributed by atoms with E-state index >= 15 is 0 Å². The highest BCUT2D eigenvalue weighted by molar-refractivity contribution is 5.32. The fraction of sp³-hybridized carbons (Fsp3) is 0.231. The van der Waals surface area contributed by atoms with Crippen LogP contribution in [-0.4, -0.2) is 9.55 Å². The molecule has 5 heteroatoms. The largest absolute Gasteiger partial charge is 0.393 e. The number of aryl methyl sites for hydroxylation is 2. The Morgan fingerprint density at radius 1 is 1.17 bits per heavy atom. The summed E-state index contributed by atoms with van der Waals surface area (Å²) in [5, 5.41) is 0. The van der Waals surface area contributed by atoms with Gasteiger partial charge in [0.1, 0.15) is 5.69 Å². The zero-order valence-corrected chi connectivity index (χ0v) is 10.4. The number of nitrogens with two attached hydrogens (primary N) is 1. The Morgan fingerprint density at radius 3 is 2.39 bits per heavy atom. The molecule has 0 saturated heterocycles. The van der Waals surface area contributed by atoms with Crippen molar-refractivity contribution in [1.29, 1.82) is 0 Å². The molecular formula is C13H15N3O2. The lowest BCUT2D eigenvalue weighted by molar-refractivity contribution is 0.722. The number of H-pyrrole nitrogens is 1. The van der Waals surface area contributed by atoms with E-state index in [2.05, 4.69) is 11.1 Å². The number of anilines is 1. The molecule has 3 N–H and O–H groups in total. The Morgan fingerprint density at radius 2 is 1.78 bits per heavy atom. The average Bonchev–Trinajstić information content (AvgIpc) is 2.24. The van der Waals surface area contributed by atoms with Crippen LogP contribution in [0.15, 0.2) is 34.0 Å². The summed E-state index contributed by atoms with van der Waals surface area (Å²) >= 11 is 0. The topological polar surface area (TPSA) is 80.9 Å². The summed E-state index contributed by atoms with van der Waals surface area (Å²) in [6, 6.07) is 6.06. The van der Waals surface area contributed by atoms with Gasteiger partial charge in [0.15, 0.2) is 0 Å². The van der Waals surface area contributed by atoms with E-state index in [-0.39, 0.29) is 5.69 Å². The van der Waals surface area contributed by atoms with Crippen LogP contribution in [0.1, 0.15) is 16.7 Å². The fourth-order valence-corrected chi connectivity index (χ4v) is 2.00. The average molecular weight is 245 g/mol. The predicted molar refractivity (Wildman–Crippen MR) is 70.8 cm³/mol. The number of nitrogen functional groups attached to an aromatic ring is 1. The van der Waals surface area contributed by atoms with E-state index in [4.69, 9.17) is 5.73 Å². The third-order valence-electron chi connectivity index (χ3n) is 2.67. The lowest BCUT2D eigenvalue weighted by atomic mass is 10.1. The number of hydrogen-bond acceptors (Lipinski definition) is 3. The van der Waals surface area contributed by atoms with Gasteiger partial charge in [0.2, 0.25) is 0 Å². The van der Waals surface area contributed by atoms with Gasteiger partial charge < -0.3 is 5.73 Å². The van der Waals surface area contributed by atoms with Gasteiger partial charge in [-0.1, -0.05) is 29.3 Å². The van der Waals surface area contributed by atoms with E-state index in [1.807, 2.05) is 26.0 Å². The minimum atomic E-state index is -0.545. The Bertz CT molecular complexity index is 678. The molecule has 94 valence electrons. The van der Waals surface area contributed by atoms with Crippen molar-refractivity contribution in [3.8, 4) is 0 Å². The SMILES string of the molecule is Cc1cc(C)cc(Cn2cc(N)c(=O)[nH]c2=O)c1. The fourth-order valence-electron chi connectivity index (χ4n) is 2.00. The molecule has 5 nitrogen and oxygen atoms in total. The molecule has 0 spiro atoms. The maximum Gasteiger partial charge on any atom is 0.328 e. The monoisotopic (exact) mass is 245 g/mol. The van der Waals surface area contributed by atoms with Gasteiger partial charge >= 0.3 is 5.69 Å². The summed E-state index contributed by atoms with van der Waals surface area (Å²) in [5.74, 6) is 0. The van der Waals surface area contributed by atoms with E-state index in [1.54, 1.807) is 0 Å². The molecule has 0 amide bonds. The molecule has 0 radical (unpaired) electrons. The van der Waals surface area contributed by atoms with Crippen LogP contribution in [0.2, 0.25) is 0 Å². The first-order valence-electron chi connectivity index (χ1n) is 5.62. The van der Waals surface area contributed by atoms with E-state index < -0.39 is 11.2 Å². The molecule has 2 rings (SSSR count). The molecule has 1 heterocycles. The normalized spacial score (nSPS) is 10.6. The Balaban J connectivity index is 2.43. The maximum absolute atomic E-state index is 11.6. The van der Waals surface area contributed by atoms with Gasteiger partial charge in [-0.05, 0) is 19.4 Å². The molecule has 0 unspecified atom stereocenters. The highest BCUT2D eigenvalue weighted by atomic mass is 16.2. The molecule has 0 aliphatic heterocycles. The Labute approximate surface area is 104 Å². The van der Waals surface area contributed by atoms with E-state index in [0.717, 1.165) is 16.7 Å². The van der Waals surface area contributed by atoms with Gasteiger partial charge in [0, 0.05) is 6.20 Å². The van der Waals surface area contributed by atoms with Crippen LogP contribution in [0, 0.1) is 13.8 Å². The van der Waals surface area contributed by atoms with Crippen molar-refractivity contribution in [2.45, 2.75) is 20.4 Å². The lowest BCUT2D eigenvalue weighted by Gasteiger charge is -2.08. The first-order valence-corrected chi connectivity index (χ1v) is 5.62. The minimum absolute atomic E-state index is 0.0407. The van der Waals surface area contributed by atoms with Gasteiger partial charge in [-0.15, -0.1) is 0 Å². The molecular weight excluding hydrogens is 230 g/mol. The summed E-state index contributed by atoms with van der Waals surface area (Å²) < 4.78 is 1.39. The number of benzene rings is 1. The van der Waals surface area contributed by atoms with Crippen molar-refractivity contribution in [1.82, 2.24) is 9.55 Å². The third kappa shape index (κ3) is 2.51. The summed E-state index contributed by atoms with van der Waals surface area (Å²) in [5.41, 5.74) is 7.82. The first kappa shape index (κ1) is 12.2. The van der Waals surface area contributed by atoms with Crippen LogP contribution >= 0.6 is 0 Å². The highest BCUT2D eigenvalue weighted by Crippen LogP contribution is 2.09. The number of nitrogens with one attached hydrogen (secondary N) is 1. The minimum Gasteiger partial charge on any atom is -0.393 e. The van der Waals surface area contributed by atoms with Gasteiger partial charge in [0.05, 0.1) is 6.54 Å². The van der Waals surface area contributed by atoms with Crippen LogP contribution in [0.25, 0.3) is 0 Å². The summed E-state index contributed by atoms with van der Waals surface area (Å²) in [7, 11) is 0. The molecule has 0 bridgehead atoms. The van der Waals surface area contributed by atoms with Gasteiger partial charge in [-0.3, -0.25) is 14.3 Å². The van der Waals surface area contributed by atoms with Crippen LogP contribution in [0.5, 0.6) is 0 Å². The zero-order valence-electron chi connectivity index (χ0n) is 10.4. The van der Waals surface area contributed by atoms with Crippen molar-refractivity contribution < 1.29 is 0 Å². The van der Waals surface area contributed by atoms with Crippen LogP contribution in [0.3, 0.4) is 0 Å². The number of aromatic nitrogens is 2. The summed E-state index contributed by atoms with van der Waals surface area (Å²) in [4.78, 5) is 25.0. The predicted octanol–water partition coefficient (Wildman–Crippen LogP) is 0.784. The van der Waals surface area contributed by atoms with Gasteiger partial charge in [-0.25, -0.2) is 4.79 Å². The lowest BCUT2D eigenvalue weighted by Crippen LogP contribution is -2.31. The number of nitrogens with zero attached hydrogens (tertiary/aromatic N) is 1. The van der Waals surface area contributed by atoms with Crippen LogP contribution in [-0.2, 0) is 6.54 Å². The molecule has 2 aromatic rings. The molecule has 1 aromatic carbocycles. The molecule has 0 saturated carbocycles. The van der Waals surface area contributed by atoms with Gasteiger partial charge in [-0.2, -0.15) is 0 Å². The third-order valence-corrected chi connectivity index (χ3v) is 2.67. The molecule has 18 heavy (non-hydrogen) atoms. The van der Waals surface area contributed by atoms with Crippen molar-refractivity contribution in [2.24, 2.45) is 0 Å². The van der Waals surface area contributed by atoms with Gasteiger partial charge in [0.25, 0.3) is 5.56 Å². The van der Waals surface area contributed by atoms with Crippen molar-refractivity contribution in [3.05, 3.63) is 61.9 Å². The number of aromatic amines is 1. The second-order valence-electron chi connectivity index (χ2n) is 4.47. The number of hydrogen-bond donors (Lipinski definition) is 2. The van der Waals surface area contributed by atoms with E-state index in [9.17, 15) is 9.59 Å². The quantitative estimate of drug-likeness (QED) is 0.820. The van der Waals surface area contributed by atoms with E-state index in [1.165, 1.54) is 10.8 Å². The maximum atomic E-state index is 11.6. The van der Waals surface area contributed by atoms with Crippen LogP contribution in [0.4, 0.5) is 5.69 Å². The Kier molecular flexibility index (Phi) is 3.06. The van der Waals surface area contributed by atoms with Crippen molar-refractivity contribution >= 4 is 5.69 Å². The first-order chi connectivity index (χ1) is 8.45. The smallest absolute Gasteiger partial charge is 0.328 e. The Hall–Kier alpha value is -2.30. The molecule has 0 aliphatic rings. The van der Waals surface area contributed by atoms with Crippen LogP contribution < -0.4 is 17.0 Å². The molecule has 0 aliphatic carbocycles. The second-order valence-corrected chi connectivity index (χ2v) is 4.47. The highest BCUT2D eigenvalue weighted by Gasteiger charge is 2.03. The molecule has 0 atom stereocenters. The molecule has 0 fully saturated rings. The summed E-state index contributed by atoms with van der Waals surface area (Å²) in [6.45, 7) is 4.39. The molecule has 1 aromatic heterocycles. The van der Waals surface area contributed by atoms with Crippen molar-refractivity contribution in [2.75, 3.05) is 5.73 Å². The zero-order chi connectivity index (χ0) is 13.3.